The van der Waals surface area contributed by atoms with E-state index in [1.54, 1.807) is 19.1 Å². The predicted octanol–water partition coefficient (Wildman–Crippen LogP) is 3.21. The van der Waals surface area contributed by atoms with Crippen LogP contribution in [0.1, 0.15) is 93.0 Å². The molecule has 5 aliphatic rings. The van der Waals surface area contributed by atoms with Crippen LogP contribution in [0.25, 0.3) is 0 Å². The number of phenols is 1. The van der Waals surface area contributed by atoms with E-state index in [0.717, 1.165) is 18.3 Å². The Morgan fingerprint density at radius 2 is 1.77 bits per heavy atom. The number of fused-ring (bicyclic) bond motifs is 5. The molecule has 9 atom stereocenters. The van der Waals surface area contributed by atoms with Gasteiger partial charge in [-0.3, -0.25) is 19.2 Å². The molecule has 0 aliphatic heterocycles. The van der Waals surface area contributed by atoms with Crippen LogP contribution in [0, 0.1) is 35.5 Å². The van der Waals surface area contributed by atoms with Gasteiger partial charge in [0, 0.05) is 23.8 Å². The minimum Gasteiger partial charge on any atom is -0.508 e. The monoisotopic (exact) mass is 595 g/mol. The van der Waals surface area contributed by atoms with Crippen molar-refractivity contribution in [2.45, 2.75) is 94.9 Å². The topological polar surface area (TPSA) is 184 Å². The number of amides is 1. The number of aliphatic hydroxyl groups excluding tert-OH is 2. The van der Waals surface area contributed by atoms with Gasteiger partial charge in [-0.1, -0.05) is 38.3 Å². The third kappa shape index (κ3) is 4.77. The van der Waals surface area contributed by atoms with Crippen LogP contribution < -0.4 is 5.73 Å². The molecule has 2 bridgehead atoms. The highest BCUT2D eigenvalue weighted by Crippen LogP contribution is 2.56. The number of hydrogen-bond donors (Lipinski definition) is 5. The van der Waals surface area contributed by atoms with Crippen LogP contribution >= 0.6 is 0 Å². The molecule has 4 unspecified atom stereocenters. The standard InChI is InChI=1S/C33H41NO9/c1-15-19-8-4-9-21(35)25(19)28(38)27-24(15)29(20-14-22(36)26(32(34)41)30(39)33(20,42)31(27)40)43-23(37)10-3-7-18-12-16-5-2-6-17(11-16)13-18/h4,8-9,15-18,20,22,24,26,29,35-36,40,42H,2-3,5-7,10-14H2,1H3,(H2,34,41)/t15-,16?,17?,18?,20+,22?,24+,26?,29+,33+/m0/s1. The normalized spacial score (nSPS) is 38.5. The lowest BCUT2D eigenvalue weighted by Gasteiger charge is -2.53. The fraction of sp³-hybridized carbons (Fsp3) is 0.636. The number of phenolic OH excluding ortho intramolecular Hbond substituents is 1. The molecule has 5 aliphatic carbocycles. The summed E-state index contributed by atoms with van der Waals surface area (Å²) in [6.07, 6.45) is 5.93. The molecule has 0 radical (unpaired) electrons. The van der Waals surface area contributed by atoms with Gasteiger partial charge in [0.1, 0.15) is 23.5 Å². The van der Waals surface area contributed by atoms with E-state index in [9.17, 15) is 39.6 Å². The molecule has 1 aromatic carbocycles. The van der Waals surface area contributed by atoms with Gasteiger partial charge < -0.3 is 30.9 Å². The largest absolute Gasteiger partial charge is 0.508 e. The maximum Gasteiger partial charge on any atom is 0.306 e. The van der Waals surface area contributed by atoms with Crippen molar-refractivity contribution in [1.82, 2.24) is 0 Å². The average Bonchev–Trinajstić information content (AvgIpc) is 2.94. The highest BCUT2D eigenvalue weighted by molar-refractivity contribution is 6.15. The lowest BCUT2D eigenvalue weighted by atomic mass is 9.54. The molecule has 6 rings (SSSR count). The Labute approximate surface area is 250 Å². The van der Waals surface area contributed by atoms with Gasteiger partial charge in [0.25, 0.3) is 0 Å². The molecule has 3 saturated carbocycles. The Hall–Kier alpha value is -3.24. The van der Waals surface area contributed by atoms with Crippen molar-refractivity contribution in [1.29, 1.82) is 0 Å². The first-order chi connectivity index (χ1) is 20.4. The second-order valence-electron chi connectivity index (χ2n) is 13.7. The van der Waals surface area contributed by atoms with Crippen LogP contribution in [0.3, 0.4) is 0 Å². The molecule has 0 aromatic heterocycles. The zero-order valence-corrected chi connectivity index (χ0v) is 24.4. The van der Waals surface area contributed by atoms with E-state index in [1.807, 2.05) is 0 Å². The fourth-order valence-electron chi connectivity index (χ4n) is 9.23. The lowest BCUT2D eigenvalue weighted by molar-refractivity contribution is -0.190. The molecular formula is C33H41NO9. The molecule has 10 nitrogen and oxygen atoms in total. The number of ether oxygens (including phenoxy) is 1. The Morgan fingerprint density at radius 3 is 2.44 bits per heavy atom. The molecule has 0 heterocycles. The van der Waals surface area contributed by atoms with Crippen molar-refractivity contribution in [3.05, 3.63) is 40.7 Å². The van der Waals surface area contributed by atoms with Crippen molar-refractivity contribution in [3.8, 4) is 5.75 Å². The van der Waals surface area contributed by atoms with E-state index < -0.39 is 70.7 Å². The third-order valence-corrected chi connectivity index (χ3v) is 11.1. The van der Waals surface area contributed by atoms with Gasteiger partial charge in [0.05, 0.1) is 11.7 Å². The van der Waals surface area contributed by atoms with E-state index in [-0.39, 0.29) is 29.7 Å². The number of nitrogens with two attached hydrogens (primary N) is 1. The summed E-state index contributed by atoms with van der Waals surface area (Å²) in [6.45, 7) is 1.75. The van der Waals surface area contributed by atoms with E-state index in [2.05, 4.69) is 0 Å². The zero-order valence-electron chi connectivity index (χ0n) is 24.4. The molecule has 0 saturated heterocycles. The Morgan fingerprint density at radius 1 is 1.07 bits per heavy atom. The maximum atomic E-state index is 13.8. The van der Waals surface area contributed by atoms with Gasteiger partial charge in [0.2, 0.25) is 5.91 Å². The van der Waals surface area contributed by atoms with Gasteiger partial charge in [-0.15, -0.1) is 0 Å². The second kappa shape index (κ2) is 11.0. The van der Waals surface area contributed by atoms with Gasteiger partial charge in [-0.2, -0.15) is 0 Å². The van der Waals surface area contributed by atoms with Crippen LogP contribution in [0.15, 0.2) is 29.5 Å². The Kier molecular flexibility index (Phi) is 7.65. The number of hydrogen-bond acceptors (Lipinski definition) is 9. The van der Waals surface area contributed by atoms with Crippen molar-refractivity contribution in [2.24, 2.45) is 41.2 Å². The molecule has 10 heteroatoms. The number of rotatable bonds is 6. The summed E-state index contributed by atoms with van der Waals surface area (Å²) in [6, 6.07) is 4.57. The summed E-state index contributed by atoms with van der Waals surface area (Å²) < 4.78 is 6.03. The molecule has 6 N–H and O–H groups in total. The Balaban J connectivity index is 1.31. The van der Waals surface area contributed by atoms with E-state index in [1.165, 1.54) is 44.6 Å². The Bertz CT molecular complexity index is 1370. The SMILES string of the molecule is C[C@H]1c2cccc(O)c2C(=O)C2=C(O)[C@]3(O)C(=O)C(C(N)=O)C(O)C[C@@H]3[C@@H](OC(=O)CCCC3CC4CCCC(C3)C4)[C@@H]21. The summed E-state index contributed by atoms with van der Waals surface area (Å²) in [5.41, 5.74) is 2.63. The number of primary amides is 1. The molecule has 43 heavy (non-hydrogen) atoms. The third-order valence-electron chi connectivity index (χ3n) is 11.1. The number of aromatic hydroxyl groups is 1. The number of aliphatic hydroxyl groups is 3. The van der Waals surface area contributed by atoms with Gasteiger partial charge in [0.15, 0.2) is 17.2 Å². The van der Waals surface area contributed by atoms with Crippen molar-refractivity contribution in [3.63, 3.8) is 0 Å². The second-order valence-corrected chi connectivity index (χ2v) is 13.7. The van der Waals surface area contributed by atoms with Crippen molar-refractivity contribution >= 4 is 23.4 Å². The van der Waals surface area contributed by atoms with E-state index in [4.69, 9.17) is 10.5 Å². The van der Waals surface area contributed by atoms with Crippen molar-refractivity contribution < 1.29 is 44.3 Å². The van der Waals surface area contributed by atoms with Gasteiger partial charge in [-0.05, 0) is 73.8 Å². The quantitative estimate of drug-likeness (QED) is 0.243. The molecule has 232 valence electrons. The molecule has 1 aromatic rings. The molecule has 3 fully saturated rings. The molecule has 1 amide bonds. The number of Topliss-reactive ketones (excluding diaryl/α,β-unsaturated/α-hetero) is 2. The number of benzene rings is 1. The molecule has 0 spiro atoms. The first-order valence-electron chi connectivity index (χ1n) is 15.7. The minimum atomic E-state index is -2.80. The smallest absolute Gasteiger partial charge is 0.306 e. The van der Waals surface area contributed by atoms with Crippen molar-refractivity contribution in [2.75, 3.05) is 0 Å². The van der Waals surface area contributed by atoms with Crippen LogP contribution in [0.2, 0.25) is 0 Å². The van der Waals surface area contributed by atoms with Gasteiger partial charge >= 0.3 is 5.97 Å². The summed E-state index contributed by atoms with van der Waals surface area (Å²) in [7, 11) is 0. The van der Waals surface area contributed by atoms with Gasteiger partial charge in [-0.25, -0.2) is 0 Å². The number of carbonyl (C=O) groups excluding carboxylic acids is 4. The summed E-state index contributed by atoms with van der Waals surface area (Å²) >= 11 is 0. The van der Waals surface area contributed by atoms with Crippen LogP contribution in [-0.2, 0) is 19.1 Å². The fourth-order valence-corrected chi connectivity index (χ4v) is 9.23. The van der Waals surface area contributed by atoms with E-state index in [0.29, 0.717) is 17.9 Å². The lowest BCUT2D eigenvalue weighted by Crippen LogP contribution is -2.67. The highest BCUT2D eigenvalue weighted by Gasteiger charge is 2.67. The zero-order chi connectivity index (χ0) is 30.8. The average molecular weight is 596 g/mol. The minimum absolute atomic E-state index is 0.0769. The highest BCUT2D eigenvalue weighted by atomic mass is 16.5. The molecular weight excluding hydrogens is 554 g/mol. The summed E-state index contributed by atoms with van der Waals surface area (Å²) in [4.78, 5) is 52.9. The van der Waals surface area contributed by atoms with E-state index >= 15 is 0 Å². The van der Waals surface area contributed by atoms with Crippen LogP contribution in [0.4, 0.5) is 0 Å². The van der Waals surface area contributed by atoms with Crippen LogP contribution in [-0.4, -0.2) is 61.7 Å². The first-order valence-corrected chi connectivity index (χ1v) is 15.7. The summed E-state index contributed by atoms with van der Waals surface area (Å²) in [5.74, 6) is -7.70. The number of esters is 1. The number of ketones is 2. The van der Waals surface area contributed by atoms with Crippen LogP contribution in [0.5, 0.6) is 5.75 Å². The summed E-state index contributed by atoms with van der Waals surface area (Å²) in [5, 5.41) is 44.7. The number of carbonyl (C=O) groups is 4. The maximum absolute atomic E-state index is 13.8. The first kappa shape index (κ1) is 29.8. The predicted molar refractivity (Wildman–Crippen MR) is 153 cm³/mol.